The average Bonchev–Trinajstić information content (AvgIpc) is 2.46. The highest BCUT2D eigenvalue weighted by atomic mass is 32.2. The van der Waals surface area contributed by atoms with Gasteiger partial charge in [0.15, 0.2) is 0 Å². The maximum absolute atomic E-state index is 12.2. The summed E-state index contributed by atoms with van der Waals surface area (Å²) in [5.41, 5.74) is 0.344. The number of amides is 1. The van der Waals surface area contributed by atoms with Crippen molar-refractivity contribution in [3.05, 3.63) is 18.2 Å². The van der Waals surface area contributed by atoms with Crippen LogP contribution in [0.3, 0.4) is 0 Å². The van der Waals surface area contributed by atoms with Gasteiger partial charge in [-0.2, -0.15) is 0 Å². The van der Waals surface area contributed by atoms with Gasteiger partial charge in [0.2, 0.25) is 15.9 Å². The van der Waals surface area contributed by atoms with Gasteiger partial charge in [0.25, 0.3) is 0 Å². The Morgan fingerprint density at radius 3 is 2.52 bits per heavy atom. The Hall–Kier alpha value is -1.60. The van der Waals surface area contributed by atoms with E-state index in [0.29, 0.717) is 24.3 Å². The lowest BCUT2D eigenvalue weighted by Gasteiger charge is -2.15. The van der Waals surface area contributed by atoms with Crippen LogP contribution in [0.15, 0.2) is 23.1 Å². The van der Waals surface area contributed by atoms with Crippen molar-refractivity contribution in [2.75, 3.05) is 12.4 Å². The van der Waals surface area contributed by atoms with E-state index in [1.807, 2.05) is 6.92 Å². The van der Waals surface area contributed by atoms with Gasteiger partial charge in [-0.25, -0.2) is 13.1 Å². The second kappa shape index (κ2) is 7.42. The lowest BCUT2D eigenvalue weighted by molar-refractivity contribution is -0.115. The molecule has 0 aliphatic carbocycles. The molecule has 118 valence electrons. The first-order valence-electron chi connectivity index (χ1n) is 6.84. The summed E-state index contributed by atoms with van der Waals surface area (Å²) in [6.45, 7) is 5.40. The van der Waals surface area contributed by atoms with E-state index in [1.54, 1.807) is 13.8 Å². The van der Waals surface area contributed by atoms with Gasteiger partial charge in [-0.15, -0.1) is 0 Å². The number of hydrogen-bond donors (Lipinski definition) is 2. The van der Waals surface area contributed by atoms with Crippen LogP contribution < -0.4 is 14.8 Å². The molecule has 1 atom stereocenters. The molecule has 0 unspecified atom stereocenters. The van der Waals surface area contributed by atoms with Crippen molar-refractivity contribution in [1.82, 2.24) is 4.72 Å². The third-order valence-electron chi connectivity index (χ3n) is 3.05. The summed E-state index contributed by atoms with van der Waals surface area (Å²) in [6, 6.07) is 4.21. The fourth-order valence-corrected chi connectivity index (χ4v) is 2.96. The number of rotatable bonds is 7. The zero-order valence-corrected chi connectivity index (χ0v) is 13.6. The van der Waals surface area contributed by atoms with E-state index in [4.69, 9.17) is 4.74 Å². The number of carbonyl (C=O) groups excluding carboxylic acids is 1. The number of ether oxygens (including phenoxy) is 1. The molecular weight excluding hydrogens is 292 g/mol. The lowest BCUT2D eigenvalue weighted by Crippen LogP contribution is -2.32. The second-order valence-corrected chi connectivity index (χ2v) is 6.41. The standard InChI is InChI=1S/C14H22N2O4S/c1-5-10(3)16-21(18,19)11-7-8-13(20-4)12(9-11)15-14(17)6-2/h7-10,16H,5-6H2,1-4H3,(H,15,17)/t10-/m1/s1. The molecule has 2 N–H and O–H groups in total. The maximum atomic E-state index is 12.2. The van der Waals surface area contributed by atoms with E-state index >= 15 is 0 Å². The summed E-state index contributed by atoms with van der Waals surface area (Å²) in [4.78, 5) is 11.6. The highest BCUT2D eigenvalue weighted by Crippen LogP contribution is 2.27. The first kappa shape index (κ1) is 17.5. The van der Waals surface area contributed by atoms with Gasteiger partial charge in [-0.3, -0.25) is 4.79 Å². The smallest absolute Gasteiger partial charge is 0.240 e. The van der Waals surface area contributed by atoms with Gasteiger partial charge in [-0.05, 0) is 31.5 Å². The molecule has 1 amide bonds. The molecule has 1 aromatic rings. The zero-order chi connectivity index (χ0) is 16.0. The van der Waals surface area contributed by atoms with Gasteiger partial charge in [0, 0.05) is 12.5 Å². The number of methoxy groups -OCH3 is 1. The fourth-order valence-electron chi connectivity index (χ4n) is 1.61. The molecule has 0 aromatic heterocycles. The molecule has 1 aromatic carbocycles. The predicted octanol–water partition coefficient (Wildman–Crippen LogP) is 2.12. The zero-order valence-electron chi connectivity index (χ0n) is 12.8. The third-order valence-corrected chi connectivity index (χ3v) is 4.63. The quantitative estimate of drug-likeness (QED) is 0.807. The number of benzene rings is 1. The minimum atomic E-state index is -3.62. The minimum Gasteiger partial charge on any atom is -0.495 e. The summed E-state index contributed by atoms with van der Waals surface area (Å²) in [5.74, 6) is 0.206. The van der Waals surface area contributed by atoms with Gasteiger partial charge < -0.3 is 10.1 Å². The molecule has 0 spiro atoms. The van der Waals surface area contributed by atoms with Gasteiger partial charge in [0.1, 0.15) is 5.75 Å². The van der Waals surface area contributed by atoms with Crippen molar-refractivity contribution in [2.24, 2.45) is 0 Å². The summed E-state index contributed by atoms with van der Waals surface area (Å²) in [5, 5.41) is 2.63. The van der Waals surface area contributed by atoms with Gasteiger partial charge >= 0.3 is 0 Å². The molecule has 0 heterocycles. The number of nitrogens with one attached hydrogen (secondary N) is 2. The average molecular weight is 314 g/mol. The van der Waals surface area contributed by atoms with Crippen LogP contribution in [0.1, 0.15) is 33.6 Å². The Bertz CT molecular complexity index is 599. The van der Waals surface area contributed by atoms with Gasteiger partial charge in [0.05, 0.1) is 17.7 Å². The Morgan fingerprint density at radius 2 is 2.00 bits per heavy atom. The van der Waals surface area contributed by atoms with E-state index in [2.05, 4.69) is 10.0 Å². The van der Waals surface area contributed by atoms with Gasteiger partial charge in [-0.1, -0.05) is 13.8 Å². The van der Waals surface area contributed by atoms with Crippen LogP contribution >= 0.6 is 0 Å². The van der Waals surface area contributed by atoms with Crippen LogP contribution in [-0.4, -0.2) is 27.5 Å². The van der Waals surface area contributed by atoms with E-state index in [9.17, 15) is 13.2 Å². The van der Waals surface area contributed by atoms with Crippen LogP contribution in [0.4, 0.5) is 5.69 Å². The molecule has 0 saturated heterocycles. The molecule has 0 radical (unpaired) electrons. The number of carbonyl (C=O) groups is 1. The predicted molar refractivity (Wildman–Crippen MR) is 82.0 cm³/mol. The molecule has 0 bridgehead atoms. The number of hydrogen-bond acceptors (Lipinski definition) is 4. The van der Waals surface area contributed by atoms with Crippen molar-refractivity contribution in [3.63, 3.8) is 0 Å². The molecule has 0 aliphatic rings. The Kier molecular flexibility index (Phi) is 6.17. The first-order valence-corrected chi connectivity index (χ1v) is 8.32. The second-order valence-electron chi connectivity index (χ2n) is 4.69. The first-order chi connectivity index (χ1) is 9.83. The summed E-state index contributed by atoms with van der Waals surface area (Å²) in [6.07, 6.45) is 0.986. The van der Waals surface area contributed by atoms with Crippen molar-refractivity contribution >= 4 is 21.6 Å². The number of anilines is 1. The SMILES string of the molecule is CCC(=O)Nc1cc(S(=O)(=O)N[C@H](C)CC)ccc1OC. The Labute approximate surface area is 125 Å². The van der Waals surface area contributed by atoms with Crippen molar-refractivity contribution < 1.29 is 17.9 Å². The number of sulfonamides is 1. The van der Waals surface area contributed by atoms with E-state index in [0.717, 1.165) is 0 Å². The minimum absolute atomic E-state index is 0.0926. The molecule has 6 nitrogen and oxygen atoms in total. The van der Waals surface area contributed by atoms with Crippen LogP contribution in [0.5, 0.6) is 5.75 Å². The topological polar surface area (TPSA) is 84.5 Å². The van der Waals surface area contributed by atoms with Crippen LogP contribution in [0, 0.1) is 0 Å². The summed E-state index contributed by atoms with van der Waals surface area (Å²) in [7, 11) is -2.16. The largest absolute Gasteiger partial charge is 0.495 e. The lowest BCUT2D eigenvalue weighted by atomic mass is 10.3. The Morgan fingerprint density at radius 1 is 1.33 bits per heavy atom. The molecule has 7 heteroatoms. The van der Waals surface area contributed by atoms with E-state index in [1.165, 1.54) is 25.3 Å². The molecule has 0 saturated carbocycles. The summed E-state index contributed by atoms with van der Waals surface area (Å²) >= 11 is 0. The Balaban J connectivity index is 3.15. The van der Waals surface area contributed by atoms with Crippen LogP contribution in [0.25, 0.3) is 0 Å². The van der Waals surface area contributed by atoms with Crippen molar-refractivity contribution in [2.45, 2.75) is 44.6 Å². The van der Waals surface area contributed by atoms with Crippen molar-refractivity contribution in [3.8, 4) is 5.75 Å². The molecule has 0 fully saturated rings. The summed E-state index contributed by atoms with van der Waals surface area (Å²) < 4.78 is 32.2. The van der Waals surface area contributed by atoms with Crippen molar-refractivity contribution in [1.29, 1.82) is 0 Å². The molecular formula is C14H22N2O4S. The fraction of sp³-hybridized carbons (Fsp3) is 0.500. The van der Waals surface area contributed by atoms with Crippen LogP contribution in [0.2, 0.25) is 0 Å². The maximum Gasteiger partial charge on any atom is 0.240 e. The highest BCUT2D eigenvalue weighted by molar-refractivity contribution is 7.89. The monoisotopic (exact) mass is 314 g/mol. The third kappa shape index (κ3) is 4.71. The van der Waals surface area contributed by atoms with E-state index < -0.39 is 10.0 Å². The van der Waals surface area contributed by atoms with E-state index in [-0.39, 0.29) is 16.8 Å². The normalized spacial score (nSPS) is 12.8. The highest BCUT2D eigenvalue weighted by Gasteiger charge is 2.19. The van der Waals surface area contributed by atoms with Crippen LogP contribution in [-0.2, 0) is 14.8 Å². The molecule has 1 rings (SSSR count). The molecule has 21 heavy (non-hydrogen) atoms. The molecule has 0 aliphatic heterocycles.